The molecule has 0 aliphatic rings. The maximum absolute atomic E-state index is 12.2. The number of carbonyl (C=O) groups is 1. The molecule has 1 amide bonds. The highest BCUT2D eigenvalue weighted by Gasteiger charge is 2.13. The van der Waals surface area contributed by atoms with Crippen LogP contribution in [0.2, 0.25) is 0 Å². The summed E-state index contributed by atoms with van der Waals surface area (Å²) in [5, 5.41) is 12.7. The number of para-hydroxylation sites is 1. The average Bonchev–Trinajstić information content (AvgIpc) is 2.37. The van der Waals surface area contributed by atoms with E-state index in [1.165, 1.54) is 0 Å². The van der Waals surface area contributed by atoms with Gasteiger partial charge in [0.1, 0.15) is 5.75 Å². The number of benzene rings is 2. The van der Waals surface area contributed by atoms with Gasteiger partial charge in [-0.25, -0.2) is 0 Å². The molecular weight excluding hydrogens is 353 g/mol. The first-order valence-corrected chi connectivity index (χ1v) is 6.93. The molecule has 0 fully saturated rings. The Hall–Kier alpha value is -1.56. The highest BCUT2D eigenvalue weighted by atomic mass is 127. The highest BCUT2D eigenvalue weighted by molar-refractivity contribution is 14.1. The molecule has 2 aromatic carbocycles. The summed E-state index contributed by atoms with van der Waals surface area (Å²) < 4.78 is 1.05. The molecule has 0 unspecified atom stereocenters. The molecule has 0 radical (unpaired) electrons. The summed E-state index contributed by atoms with van der Waals surface area (Å²) in [6, 6.07) is 11.0. The third-order valence-corrected chi connectivity index (χ3v) is 3.60. The minimum atomic E-state index is -0.300. The summed E-state index contributed by atoms with van der Waals surface area (Å²) in [5.41, 5.74) is 2.73. The van der Waals surface area contributed by atoms with E-state index < -0.39 is 0 Å². The number of aromatic hydroxyl groups is 1. The molecular formula is C15H14INO2. The van der Waals surface area contributed by atoms with Crippen molar-refractivity contribution in [1.82, 2.24) is 0 Å². The fourth-order valence-electron chi connectivity index (χ4n) is 1.76. The van der Waals surface area contributed by atoms with E-state index in [0.29, 0.717) is 11.1 Å². The Bertz CT molecular complexity index is 638. The van der Waals surface area contributed by atoms with E-state index in [1.54, 1.807) is 25.1 Å². The van der Waals surface area contributed by atoms with Gasteiger partial charge in [0.05, 0.1) is 5.56 Å². The van der Waals surface area contributed by atoms with E-state index in [0.717, 1.165) is 14.8 Å². The fraction of sp³-hybridized carbons (Fsp3) is 0.133. The van der Waals surface area contributed by atoms with Crippen LogP contribution in [-0.4, -0.2) is 11.0 Å². The van der Waals surface area contributed by atoms with Gasteiger partial charge in [-0.3, -0.25) is 4.79 Å². The van der Waals surface area contributed by atoms with Gasteiger partial charge in [0.15, 0.2) is 0 Å². The van der Waals surface area contributed by atoms with Crippen LogP contribution in [0.3, 0.4) is 0 Å². The Morgan fingerprint density at radius 2 is 1.89 bits per heavy atom. The number of nitrogens with one attached hydrogen (secondary N) is 1. The van der Waals surface area contributed by atoms with Crippen molar-refractivity contribution in [3.63, 3.8) is 0 Å². The van der Waals surface area contributed by atoms with Crippen molar-refractivity contribution in [2.24, 2.45) is 0 Å². The van der Waals surface area contributed by atoms with Crippen LogP contribution in [0.4, 0.5) is 5.69 Å². The lowest BCUT2D eigenvalue weighted by Crippen LogP contribution is -2.13. The van der Waals surface area contributed by atoms with E-state index in [1.807, 2.05) is 25.1 Å². The normalized spacial score (nSPS) is 10.3. The third-order valence-electron chi connectivity index (χ3n) is 2.93. The molecule has 0 spiro atoms. The first-order chi connectivity index (χ1) is 8.99. The zero-order chi connectivity index (χ0) is 14.0. The summed E-state index contributed by atoms with van der Waals surface area (Å²) in [6.07, 6.45) is 0. The predicted octanol–water partition coefficient (Wildman–Crippen LogP) is 3.87. The summed E-state index contributed by atoms with van der Waals surface area (Å²) >= 11 is 2.19. The van der Waals surface area contributed by atoms with E-state index in [2.05, 4.69) is 27.9 Å². The van der Waals surface area contributed by atoms with Gasteiger partial charge < -0.3 is 10.4 Å². The molecule has 0 aliphatic heterocycles. The second kappa shape index (κ2) is 5.61. The number of hydrogen-bond acceptors (Lipinski definition) is 2. The van der Waals surface area contributed by atoms with Crippen LogP contribution in [-0.2, 0) is 0 Å². The monoisotopic (exact) mass is 367 g/mol. The molecule has 0 aromatic heterocycles. The number of halogens is 1. The summed E-state index contributed by atoms with van der Waals surface area (Å²) in [7, 11) is 0. The van der Waals surface area contributed by atoms with Crippen molar-refractivity contribution in [2.75, 3.05) is 5.32 Å². The molecule has 0 atom stereocenters. The smallest absolute Gasteiger partial charge is 0.259 e. The van der Waals surface area contributed by atoms with Gasteiger partial charge in [-0.05, 0) is 65.8 Å². The van der Waals surface area contributed by atoms with Gasteiger partial charge in [0.2, 0.25) is 0 Å². The van der Waals surface area contributed by atoms with Gasteiger partial charge in [-0.1, -0.05) is 18.2 Å². The molecule has 2 aromatic rings. The molecule has 2 N–H and O–H groups in total. The van der Waals surface area contributed by atoms with Gasteiger partial charge in [-0.2, -0.15) is 0 Å². The van der Waals surface area contributed by atoms with Crippen LogP contribution in [0.1, 0.15) is 21.5 Å². The molecule has 98 valence electrons. The number of carbonyl (C=O) groups excluding carboxylic acids is 1. The maximum atomic E-state index is 12.2. The first-order valence-electron chi connectivity index (χ1n) is 5.85. The SMILES string of the molecule is Cc1ccc(I)cc1NC(=O)c1cccc(C)c1O. The van der Waals surface area contributed by atoms with E-state index >= 15 is 0 Å². The van der Waals surface area contributed by atoms with Crippen LogP contribution < -0.4 is 5.32 Å². The van der Waals surface area contributed by atoms with E-state index in [-0.39, 0.29) is 11.7 Å². The Morgan fingerprint density at radius 1 is 1.16 bits per heavy atom. The van der Waals surface area contributed by atoms with Gasteiger partial charge in [0.25, 0.3) is 5.91 Å². The zero-order valence-corrected chi connectivity index (χ0v) is 12.9. The average molecular weight is 367 g/mol. The number of amides is 1. The Kier molecular flexibility index (Phi) is 4.09. The number of phenols is 1. The number of rotatable bonds is 2. The second-order valence-electron chi connectivity index (χ2n) is 4.38. The van der Waals surface area contributed by atoms with Crippen molar-refractivity contribution in [3.8, 4) is 5.75 Å². The molecule has 19 heavy (non-hydrogen) atoms. The number of phenolic OH excluding ortho intramolecular Hbond substituents is 1. The van der Waals surface area contributed by atoms with E-state index in [9.17, 15) is 9.90 Å². The molecule has 4 heteroatoms. The molecule has 2 rings (SSSR count). The Morgan fingerprint density at radius 3 is 2.63 bits per heavy atom. The fourth-order valence-corrected chi connectivity index (χ4v) is 2.25. The van der Waals surface area contributed by atoms with Gasteiger partial charge in [-0.15, -0.1) is 0 Å². The zero-order valence-electron chi connectivity index (χ0n) is 10.7. The third kappa shape index (κ3) is 3.07. The summed E-state index contributed by atoms with van der Waals surface area (Å²) in [4.78, 5) is 12.2. The van der Waals surface area contributed by atoms with Crippen LogP contribution in [0.5, 0.6) is 5.75 Å². The van der Waals surface area contributed by atoms with Gasteiger partial charge in [0, 0.05) is 9.26 Å². The van der Waals surface area contributed by atoms with Crippen LogP contribution in [0, 0.1) is 17.4 Å². The number of aryl methyl sites for hydroxylation is 2. The minimum absolute atomic E-state index is 0.0308. The van der Waals surface area contributed by atoms with Crippen molar-refractivity contribution in [1.29, 1.82) is 0 Å². The first kappa shape index (κ1) is 13.9. The summed E-state index contributed by atoms with van der Waals surface area (Å²) in [6.45, 7) is 3.70. The van der Waals surface area contributed by atoms with E-state index in [4.69, 9.17) is 0 Å². The lowest BCUT2D eigenvalue weighted by Gasteiger charge is -2.10. The molecule has 0 heterocycles. The van der Waals surface area contributed by atoms with Crippen molar-refractivity contribution in [2.45, 2.75) is 13.8 Å². The molecule has 0 aliphatic carbocycles. The van der Waals surface area contributed by atoms with Crippen LogP contribution in [0.25, 0.3) is 0 Å². The molecule has 0 saturated heterocycles. The van der Waals surface area contributed by atoms with Crippen LogP contribution in [0.15, 0.2) is 36.4 Å². The second-order valence-corrected chi connectivity index (χ2v) is 5.63. The maximum Gasteiger partial charge on any atom is 0.259 e. The topological polar surface area (TPSA) is 49.3 Å². The lowest BCUT2D eigenvalue weighted by atomic mass is 10.1. The van der Waals surface area contributed by atoms with Crippen molar-refractivity contribution in [3.05, 3.63) is 56.7 Å². The van der Waals surface area contributed by atoms with Gasteiger partial charge >= 0.3 is 0 Å². The number of hydrogen-bond donors (Lipinski definition) is 2. The largest absolute Gasteiger partial charge is 0.507 e. The Labute approximate surface area is 125 Å². The van der Waals surface area contributed by atoms with Crippen LogP contribution >= 0.6 is 22.6 Å². The molecule has 0 saturated carbocycles. The molecule has 0 bridgehead atoms. The van der Waals surface area contributed by atoms with Crippen molar-refractivity contribution >= 4 is 34.2 Å². The minimum Gasteiger partial charge on any atom is -0.507 e. The molecule has 3 nitrogen and oxygen atoms in total. The number of anilines is 1. The predicted molar refractivity (Wildman–Crippen MR) is 84.7 cm³/mol. The quantitative estimate of drug-likeness (QED) is 0.792. The Balaban J connectivity index is 2.31. The lowest BCUT2D eigenvalue weighted by molar-refractivity contribution is 0.102. The highest BCUT2D eigenvalue weighted by Crippen LogP contribution is 2.24. The standard InChI is InChI=1S/C15H14INO2/c1-9-6-7-11(16)8-13(9)17-15(19)12-5-3-4-10(2)14(12)18/h3-8,18H,1-2H3,(H,17,19). The summed E-state index contributed by atoms with van der Waals surface area (Å²) in [5.74, 6) is -0.269. The van der Waals surface area contributed by atoms with Crippen molar-refractivity contribution < 1.29 is 9.90 Å².